The molecule has 15 heavy (non-hydrogen) atoms. The molecule has 0 saturated carbocycles. The predicted molar refractivity (Wildman–Crippen MR) is 52.4 cm³/mol. The number of amides is 1. The van der Waals surface area contributed by atoms with Gasteiger partial charge in [0.05, 0.1) is 0 Å². The molecule has 0 atom stereocenters. The summed E-state index contributed by atoms with van der Waals surface area (Å²) >= 11 is 0. The van der Waals surface area contributed by atoms with Gasteiger partial charge in [-0.3, -0.25) is 14.3 Å². The predicted octanol–water partition coefficient (Wildman–Crippen LogP) is -0.0332. The number of aliphatic carboxylic acids is 1. The minimum Gasteiger partial charge on any atom is -0.480 e. The molecular formula is C9H13N3O3. The van der Waals surface area contributed by atoms with Gasteiger partial charge in [0.1, 0.15) is 12.2 Å². The summed E-state index contributed by atoms with van der Waals surface area (Å²) in [5.41, 5.74) is 0.387. The molecule has 0 radical (unpaired) electrons. The minimum atomic E-state index is -1.02. The Bertz CT molecular complexity index is 372. The van der Waals surface area contributed by atoms with Gasteiger partial charge in [-0.2, -0.15) is 5.10 Å². The SMILES string of the molecule is CCN(CC(=O)O)C(=O)c1ccnn1C. The fourth-order valence-corrected chi connectivity index (χ4v) is 1.24. The molecule has 0 saturated heterocycles. The van der Waals surface area contributed by atoms with Gasteiger partial charge in [-0.05, 0) is 13.0 Å². The zero-order valence-corrected chi connectivity index (χ0v) is 8.67. The first kappa shape index (κ1) is 11.2. The first-order valence-electron chi connectivity index (χ1n) is 4.55. The zero-order chi connectivity index (χ0) is 11.4. The molecule has 1 N–H and O–H groups in total. The molecular weight excluding hydrogens is 198 g/mol. The number of likely N-dealkylation sites (N-methyl/N-ethyl adjacent to an activating group) is 1. The van der Waals surface area contributed by atoms with Gasteiger partial charge in [-0.15, -0.1) is 0 Å². The number of aryl methyl sites for hydroxylation is 1. The average molecular weight is 211 g/mol. The molecule has 0 aromatic carbocycles. The smallest absolute Gasteiger partial charge is 0.323 e. The summed E-state index contributed by atoms with van der Waals surface area (Å²) < 4.78 is 1.42. The second-order valence-corrected chi connectivity index (χ2v) is 3.05. The average Bonchev–Trinajstić information content (AvgIpc) is 2.59. The number of aromatic nitrogens is 2. The van der Waals surface area contributed by atoms with Crippen LogP contribution < -0.4 is 0 Å². The number of hydrogen-bond donors (Lipinski definition) is 1. The van der Waals surface area contributed by atoms with E-state index < -0.39 is 5.97 Å². The molecule has 6 nitrogen and oxygen atoms in total. The lowest BCUT2D eigenvalue weighted by atomic mass is 10.3. The van der Waals surface area contributed by atoms with Gasteiger partial charge in [0.2, 0.25) is 0 Å². The Balaban J connectivity index is 2.82. The Labute approximate surface area is 87.1 Å². The quantitative estimate of drug-likeness (QED) is 0.758. The second-order valence-electron chi connectivity index (χ2n) is 3.05. The van der Waals surface area contributed by atoms with E-state index in [2.05, 4.69) is 5.10 Å². The van der Waals surface area contributed by atoms with Crippen LogP contribution in [0.3, 0.4) is 0 Å². The summed E-state index contributed by atoms with van der Waals surface area (Å²) in [5.74, 6) is -1.34. The van der Waals surface area contributed by atoms with Gasteiger partial charge in [-0.1, -0.05) is 0 Å². The van der Waals surface area contributed by atoms with Crippen molar-refractivity contribution in [3.8, 4) is 0 Å². The second kappa shape index (κ2) is 4.59. The number of rotatable bonds is 4. The summed E-state index contributed by atoms with van der Waals surface area (Å²) in [6.07, 6.45) is 1.50. The molecule has 0 bridgehead atoms. The van der Waals surface area contributed by atoms with Crippen molar-refractivity contribution in [2.24, 2.45) is 7.05 Å². The molecule has 82 valence electrons. The molecule has 1 amide bonds. The highest BCUT2D eigenvalue weighted by Gasteiger charge is 2.19. The maximum Gasteiger partial charge on any atom is 0.323 e. The lowest BCUT2D eigenvalue weighted by molar-refractivity contribution is -0.137. The van der Waals surface area contributed by atoms with Crippen molar-refractivity contribution in [3.63, 3.8) is 0 Å². The highest BCUT2D eigenvalue weighted by atomic mass is 16.4. The fraction of sp³-hybridized carbons (Fsp3) is 0.444. The number of carboxylic acids is 1. The van der Waals surface area contributed by atoms with E-state index in [1.54, 1.807) is 20.0 Å². The third-order valence-electron chi connectivity index (χ3n) is 2.04. The van der Waals surface area contributed by atoms with E-state index in [1.165, 1.54) is 15.8 Å². The molecule has 0 aliphatic carbocycles. The van der Waals surface area contributed by atoms with Gasteiger partial charge in [-0.25, -0.2) is 0 Å². The Morgan fingerprint density at radius 1 is 1.60 bits per heavy atom. The highest BCUT2D eigenvalue weighted by molar-refractivity contribution is 5.94. The van der Waals surface area contributed by atoms with Gasteiger partial charge in [0.25, 0.3) is 5.91 Å². The summed E-state index contributed by atoms with van der Waals surface area (Å²) in [6, 6.07) is 1.56. The van der Waals surface area contributed by atoms with E-state index in [4.69, 9.17) is 5.11 Å². The number of nitrogens with zero attached hydrogens (tertiary/aromatic N) is 3. The molecule has 0 aliphatic rings. The summed E-state index contributed by atoms with van der Waals surface area (Å²) in [5, 5.41) is 12.5. The van der Waals surface area contributed by atoms with Gasteiger partial charge in [0, 0.05) is 19.8 Å². The minimum absolute atomic E-state index is 0.291. The monoisotopic (exact) mass is 211 g/mol. The van der Waals surface area contributed by atoms with Crippen LogP contribution in [-0.2, 0) is 11.8 Å². The van der Waals surface area contributed by atoms with E-state index in [9.17, 15) is 9.59 Å². The molecule has 0 spiro atoms. The van der Waals surface area contributed by atoms with Crippen LogP contribution in [0.25, 0.3) is 0 Å². The maximum absolute atomic E-state index is 11.8. The van der Waals surface area contributed by atoms with Crippen LogP contribution in [0.4, 0.5) is 0 Å². The van der Waals surface area contributed by atoms with E-state index in [1.807, 2.05) is 0 Å². The number of hydrogen-bond acceptors (Lipinski definition) is 3. The molecule has 0 unspecified atom stereocenters. The van der Waals surface area contributed by atoms with Gasteiger partial charge < -0.3 is 10.0 Å². The van der Waals surface area contributed by atoms with Crippen LogP contribution in [0, 0.1) is 0 Å². The molecule has 6 heteroatoms. The third kappa shape index (κ3) is 2.55. The van der Waals surface area contributed by atoms with Crippen LogP contribution >= 0.6 is 0 Å². The fourth-order valence-electron chi connectivity index (χ4n) is 1.24. The normalized spacial score (nSPS) is 10.0. The molecule has 1 aromatic heterocycles. The summed E-state index contributed by atoms with van der Waals surface area (Å²) in [6.45, 7) is 1.80. The topological polar surface area (TPSA) is 75.4 Å². The molecule has 0 fully saturated rings. The van der Waals surface area contributed by atoms with Crippen molar-refractivity contribution in [1.29, 1.82) is 0 Å². The molecule has 1 rings (SSSR count). The molecule has 0 aliphatic heterocycles. The van der Waals surface area contributed by atoms with Crippen molar-refractivity contribution >= 4 is 11.9 Å². The number of carboxylic acid groups (broad SMARTS) is 1. The third-order valence-corrected chi connectivity index (χ3v) is 2.04. The van der Waals surface area contributed by atoms with E-state index in [-0.39, 0.29) is 12.5 Å². The zero-order valence-electron chi connectivity index (χ0n) is 8.67. The van der Waals surface area contributed by atoms with E-state index in [0.717, 1.165) is 0 Å². The first-order valence-corrected chi connectivity index (χ1v) is 4.55. The van der Waals surface area contributed by atoms with Crippen LogP contribution in [0.5, 0.6) is 0 Å². The van der Waals surface area contributed by atoms with Crippen LogP contribution in [-0.4, -0.2) is 44.8 Å². The van der Waals surface area contributed by atoms with Crippen LogP contribution in [0.15, 0.2) is 12.3 Å². The molecule has 1 aromatic rings. The first-order chi connectivity index (χ1) is 7.06. The van der Waals surface area contributed by atoms with Crippen molar-refractivity contribution in [1.82, 2.24) is 14.7 Å². The summed E-state index contributed by atoms with van der Waals surface area (Å²) in [7, 11) is 1.64. The number of carbonyl (C=O) groups is 2. The lowest BCUT2D eigenvalue weighted by Crippen LogP contribution is -2.36. The van der Waals surface area contributed by atoms with Crippen molar-refractivity contribution in [2.45, 2.75) is 6.92 Å². The van der Waals surface area contributed by atoms with Crippen molar-refractivity contribution in [2.75, 3.05) is 13.1 Å². The standard InChI is InChI=1S/C9H13N3O3/c1-3-12(6-8(13)14)9(15)7-4-5-10-11(7)2/h4-5H,3,6H2,1-2H3,(H,13,14). The van der Waals surface area contributed by atoms with Gasteiger partial charge in [0.15, 0.2) is 0 Å². The lowest BCUT2D eigenvalue weighted by Gasteiger charge is -2.18. The Hall–Kier alpha value is -1.85. The Kier molecular flexibility index (Phi) is 3.43. The van der Waals surface area contributed by atoms with Crippen molar-refractivity contribution < 1.29 is 14.7 Å². The van der Waals surface area contributed by atoms with Gasteiger partial charge >= 0.3 is 5.97 Å². The summed E-state index contributed by atoms with van der Waals surface area (Å²) in [4.78, 5) is 23.6. The van der Waals surface area contributed by atoms with E-state index >= 15 is 0 Å². The highest BCUT2D eigenvalue weighted by Crippen LogP contribution is 2.02. The largest absolute Gasteiger partial charge is 0.480 e. The Morgan fingerprint density at radius 2 is 2.27 bits per heavy atom. The van der Waals surface area contributed by atoms with Crippen LogP contribution in [0.1, 0.15) is 17.4 Å². The maximum atomic E-state index is 11.8. The Morgan fingerprint density at radius 3 is 2.67 bits per heavy atom. The van der Waals surface area contributed by atoms with Crippen LogP contribution in [0.2, 0.25) is 0 Å². The van der Waals surface area contributed by atoms with E-state index in [0.29, 0.717) is 12.2 Å². The molecule has 1 heterocycles. The number of carbonyl (C=O) groups excluding carboxylic acids is 1. The van der Waals surface area contributed by atoms with Crippen molar-refractivity contribution in [3.05, 3.63) is 18.0 Å².